The van der Waals surface area contributed by atoms with Crippen molar-refractivity contribution in [1.82, 2.24) is 0 Å². The average molecular weight is 193 g/mol. The van der Waals surface area contributed by atoms with Crippen LogP contribution in [-0.4, -0.2) is 5.78 Å². The Morgan fingerprint density at radius 2 is 2.54 bits per heavy atom. The monoisotopic (exact) mass is 193 g/mol. The van der Waals surface area contributed by atoms with E-state index >= 15 is 0 Å². The van der Waals surface area contributed by atoms with Crippen molar-refractivity contribution in [2.75, 3.05) is 0 Å². The molecule has 0 N–H and O–H groups in total. The van der Waals surface area contributed by atoms with Gasteiger partial charge in [0, 0.05) is 9.79 Å². The fourth-order valence-corrected chi connectivity index (χ4v) is 1.48. The third-order valence-corrected chi connectivity index (χ3v) is 2.17. The van der Waals surface area contributed by atoms with E-state index in [2.05, 4.69) is 10.0 Å². The maximum atomic E-state index is 10.6. The number of nitrogens with zero attached hydrogens (tertiary/aromatic N) is 3. The van der Waals surface area contributed by atoms with Gasteiger partial charge >= 0.3 is 0 Å². The molecule has 0 saturated heterocycles. The lowest BCUT2D eigenvalue weighted by molar-refractivity contribution is -0.112. The van der Waals surface area contributed by atoms with Gasteiger partial charge in [-0.15, -0.1) is 11.3 Å². The highest BCUT2D eigenvalue weighted by Gasteiger charge is 1.97. The summed E-state index contributed by atoms with van der Waals surface area (Å²) in [6.45, 7) is 1.47. The van der Waals surface area contributed by atoms with Crippen LogP contribution < -0.4 is 0 Å². The van der Waals surface area contributed by atoms with Gasteiger partial charge in [0.1, 0.15) is 0 Å². The van der Waals surface area contributed by atoms with Crippen LogP contribution >= 0.6 is 11.3 Å². The third-order valence-electron chi connectivity index (χ3n) is 1.30. The number of hydrogen-bond donors (Lipinski definition) is 0. The van der Waals surface area contributed by atoms with E-state index in [4.69, 9.17) is 5.53 Å². The Bertz CT molecular complexity index is 388. The third kappa shape index (κ3) is 2.74. The minimum atomic E-state index is -0.0275. The van der Waals surface area contributed by atoms with Gasteiger partial charge in [-0.05, 0) is 36.1 Å². The molecule has 0 saturated carbocycles. The topological polar surface area (TPSA) is 65.8 Å². The first-order valence-electron chi connectivity index (χ1n) is 3.55. The van der Waals surface area contributed by atoms with Gasteiger partial charge in [0.15, 0.2) is 5.78 Å². The molecule has 0 aliphatic rings. The molecule has 0 amide bonds. The molecule has 0 aliphatic heterocycles. The fourth-order valence-electron chi connectivity index (χ4n) is 0.763. The lowest BCUT2D eigenvalue weighted by atomic mass is 10.3. The number of thiophene rings is 1. The second-order valence-electron chi connectivity index (χ2n) is 2.30. The molecule has 0 radical (unpaired) electrons. The Hall–Kier alpha value is -1.58. The summed E-state index contributed by atoms with van der Waals surface area (Å²) in [5.41, 5.74) is 8.77. The van der Waals surface area contributed by atoms with Crippen molar-refractivity contribution in [3.05, 3.63) is 32.8 Å². The van der Waals surface area contributed by atoms with Crippen molar-refractivity contribution in [3.63, 3.8) is 0 Å². The highest BCUT2D eigenvalue weighted by molar-refractivity contribution is 7.11. The SMILES string of the molecule is CC(=O)/C=C\c1sccc1N=[N+]=[N-]. The van der Waals surface area contributed by atoms with E-state index in [1.807, 2.05) is 5.38 Å². The van der Waals surface area contributed by atoms with Gasteiger partial charge in [0.2, 0.25) is 0 Å². The maximum Gasteiger partial charge on any atom is 0.152 e. The average Bonchev–Trinajstić information content (AvgIpc) is 2.49. The molecule has 13 heavy (non-hydrogen) atoms. The maximum absolute atomic E-state index is 10.6. The van der Waals surface area contributed by atoms with Gasteiger partial charge in [-0.3, -0.25) is 4.79 Å². The molecule has 0 aliphatic carbocycles. The van der Waals surface area contributed by atoms with Crippen LogP contribution in [0.15, 0.2) is 22.6 Å². The molecule has 66 valence electrons. The summed E-state index contributed by atoms with van der Waals surface area (Å²) < 4.78 is 0. The van der Waals surface area contributed by atoms with Gasteiger partial charge in [0.05, 0.1) is 5.69 Å². The van der Waals surface area contributed by atoms with E-state index in [0.717, 1.165) is 4.88 Å². The predicted octanol–water partition coefficient (Wildman–Crippen LogP) is 3.29. The Kier molecular flexibility index (Phi) is 3.25. The first-order chi connectivity index (χ1) is 6.24. The number of carbonyl (C=O) groups excluding carboxylic acids is 1. The van der Waals surface area contributed by atoms with Gasteiger partial charge < -0.3 is 0 Å². The Balaban J connectivity index is 2.94. The quantitative estimate of drug-likeness (QED) is 0.314. The van der Waals surface area contributed by atoms with E-state index in [1.165, 1.54) is 24.3 Å². The molecule has 0 fully saturated rings. The van der Waals surface area contributed by atoms with Gasteiger partial charge in [-0.2, -0.15) is 0 Å². The van der Waals surface area contributed by atoms with Crippen LogP contribution in [0.5, 0.6) is 0 Å². The number of carbonyl (C=O) groups is 1. The van der Waals surface area contributed by atoms with Crippen LogP contribution in [-0.2, 0) is 4.79 Å². The predicted molar refractivity (Wildman–Crippen MR) is 52.8 cm³/mol. The fraction of sp³-hybridized carbons (Fsp3) is 0.125. The Labute approximate surface area is 79.1 Å². The summed E-state index contributed by atoms with van der Waals surface area (Å²) in [7, 11) is 0. The molecule has 1 aromatic heterocycles. The molecule has 1 rings (SSSR count). The Morgan fingerprint density at radius 1 is 1.77 bits per heavy atom. The second kappa shape index (κ2) is 4.45. The molecule has 0 aromatic carbocycles. The summed E-state index contributed by atoms with van der Waals surface area (Å²) in [6, 6.07) is 1.71. The highest BCUT2D eigenvalue weighted by atomic mass is 32.1. The number of ketones is 1. The number of allylic oxidation sites excluding steroid dienone is 1. The number of hydrogen-bond acceptors (Lipinski definition) is 3. The van der Waals surface area contributed by atoms with Crippen molar-refractivity contribution in [1.29, 1.82) is 0 Å². The lowest BCUT2D eigenvalue weighted by Gasteiger charge is -1.86. The normalized spacial score (nSPS) is 9.92. The van der Waals surface area contributed by atoms with Crippen molar-refractivity contribution in [3.8, 4) is 0 Å². The zero-order valence-corrected chi connectivity index (χ0v) is 7.78. The lowest BCUT2D eigenvalue weighted by Crippen LogP contribution is -1.78. The van der Waals surface area contributed by atoms with E-state index in [1.54, 1.807) is 12.1 Å². The zero-order chi connectivity index (χ0) is 9.68. The van der Waals surface area contributed by atoms with E-state index in [-0.39, 0.29) is 5.78 Å². The van der Waals surface area contributed by atoms with Gasteiger partial charge in [-0.1, -0.05) is 5.11 Å². The summed E-state index contributed by atoms with van der Waals surface area (Å²) in [5.74, 6) is -0.0275. The van der Waals surface area contributed by atoms with Crippen molar-refractivity contribution in [2.45, 2.75) is 6.92 Å². The molecule has 4 nitrogen and oxygen atoms in total. The van der Waals surface area contributed by atoms with Gasteiger partial charge in [-0.25, -0.2) is 0 Å². The molecule has 1 heterocycles. The second-order valence-corrected chi connectivity index (χ2v) is 3.25. The van der Waals surface area contributed by atoms with Crippen LogP contribution in [0.3, 0.4) is 0 Å². The molecular formula is C8H7N3OS. The minimum Gasteiger partial charge on any atom is -0.295 e. The molecule has 0 spiro atoms. The van der Waals surface area contributed by atoms with Gasteiger partial charge in [0.25, 0.3) is 0 Å². The molecule has 5 heteroatoms. The first kappa shape index (κ1) is 9.51. The summed E-state index contributed by atoms with van der Waals surface area (Å²) >= 11 is 1.43. The smallest absolute Gasteiger partial charge is 0.152 e. The van der Waals surface area contributed by atoms with E-state index in [9.17, 15) is 4.79 Å². The standard InChI is InChI=1S/C8H7N3OS/c1-6(12)2-3-8-7(10-11-9)4-5-13-8/h2-5H,1H3/b3-2-. The van der Waals surface area contributed by atoms with E-state index in [0.29, 0.717) is 5.69 Å². The summed E-state index contributed by atoms with van der Waals surface area (Å²) in [5, 5.41) is 5.28. The van der Waals surface area contributed by atoms with Crippen molar-refractivity contribution < 1.29 is 4.79 Å². The summed E-state index contributed by atoms with van der Waals surface area (Å²) in [6.07, 6.45) is 3.10. The molecule has 0 atom stereocenters. The van der Waals surface area contributed by atoms with Crippen LogP contribution in [0.1, 0.15) is 11.8 Å². The van der Waals surface area contributed by atoms with Crippen LogP contribution in [0.4, 0.5) is 5.69 Å². The molecule has 0 bridgehead atoms. The van der Waals surface area contributed by atoms with E-state index < -0.39 is 0 Å². The minimum absolute atomic E-state index is 0.0275. The molecule has 1 aromatic rings. The van der Waals surface area contributed by atoms with Crippen LogP contribution in [0.2, 0.25) is 0 Å². The molecule has 0 unspecified atom stereocenters. The Morgan fingerprint density at radius 3 is 3.15 bits per heavy atom. The molecular weight excluding hydrogens is 186 g/mol. The highest BCUT2D eigenvalue weighted by Crippen LogP contribution is 2.26. The summed E-state index contributed by atoms with van der Waals surface area (Å²) in [4.78, 5) is 14.1. The van der Waals surface area contributed by atoms with Crippen molar-refractivity contribution >= 4 is 28.9 Å². The number of azide groups is 1. The number of rotatable bonds is 3. The van der Waals surface area contributed by atoms with Crippen LogP contribution in [0, 0.1) is 0 Å². The largest absolute Gasteiger partial charge is 0.295 e. The van der Waals surface area contributed by atoms with Crippen molar-refractivity contribution in [2.24, 2.45) is 5.11 Å². The zero-order valence-electron chi connectivity index (χ0n) is 6.97. The first-order valence-corrected chi connectivity index (χ1v) is 4.43. The van der Waals surface area contributed by atoms with Crippen LogP contribution in [0.25, 0.3) is 16.5 Å².